The number of hydrogen-bond donors (Lipinski definition) is 0. The highest BCUT2D eigenvalue weighted by molar-refractivity contribution is 6.23. The van der Waals surface area contributed by atoms with E-state index in [1.165, 1.54) is 12.8 Å². The Morgan fingerprint density at radius 1 is 1.15 bits per heavy atom. The topological polar surface area (TPSA) is 0 Å². The van der Waals surface area contributed by atoms with Crippen molar-refractivity contribution in [1.29, 1.82) is 0 Å². The molecule has 0 aromatic carbocycles. The lowest BCUT2D eigenvalue weighted by atomic mass is 9.76. The molecule has 0 saturated heterocycles. The van der Waals surface area contributed by atoms with Crippen LogP contribution in [0, 0.1) is 11.3 Å². The van der Waals surface area contributed by atoms with E-state index in [9.17, 15) is 0 Å². The zero-order valence-electron chi connectivity index (χ0n) is 10.1. The first-order valence-corrected chi connectivity index (χ1v) is 5.73. The van der Waals surface area contributed by atoms with Gasteiger partial charge in [-0.2, -0.15) is 0 Å². The smallest absolute Gasteiger partial charge is 0.0395 e. The third-order valence-corrected chi connectivity index (χ3v) is 2.63. The van der Waals surface area contributed by atoms with E-state index >= 15 is 0 Å². The third-order valence-electron chi connectivity index (χ3n) is 2.50. The molecule has 0 nitrogen and oxygen atoms in total. The second-order valence-corrected chi connectivity index (χ2v) is 6.80. The van der Waals surface area contributed by atoms with Gasteiger partial charge in [0.25, 0.3) is 0 Å². The van der Waals surface area contributed by atoms with Crippen LogP contribution in [0.4, 0.5) is 0 Å². The molecule has 0 amide bonds. The van der Waals surface area contributed by atoms with Gasteiger partial charge in [0, 0.05) is 4.87 Å². The predicted octanol–water partition coefficient (Wildman–Crippen LogP) is 4.86. The molecule has 0 aliphatic heterocycles. The Balaban J connectivity index is 4.08. The predicted molar refractivity (Wildman–Crippen MR) is 62.4 cm³/mol. The quantitative estimate of drug-likeness (QED) is 0.562. The molecular weight excluding hydrogens is 180 g/mol. The maximum atomic E-state index is 6.24. The summed E-state index contributed by atoms with van der Waals surface area (Å²) in [5.74, 6) is 0.814. The largest absolute Gasteiger partial charge is 0.120 e. The second kappa shape index (κ2) is 4.68. The van der Waals surface area contributed by atoms with Gasteiger partial charge < -0.3 is 0 Å². The van der Waals surface area contributed by atoms with Gasteiger partial charge in [-0.1, -0.05) is 34.1 Å². The van der Waals surface area contributed by atoms with Crippen LogP contribution in [-0.4, -0.2) is 4.87 Å². The van der Waals surface area contributed by atoms with E-state index in [0.717, 1.165) is 12.3 Å². The van der Waals surface area contributed by atoms with Gasteiger partial charge in [-0.25, -0.2) is 0 Å². The van der Waals surface area contributed by atoms with Gasteiger partial charge >= 0.3 is 0 Å². The molecule has 0 bridgehead atoms. The van der Waals surface area contributed by atoms with Crippen LogP contribution >= 0.6 is 11.6 Å². The minimum absolute atomic E-state index is 0.0586. The van der Waals surface area contributed by atoms with E-state index < -0.39 is 0 Å². The third kappa shape index (κ3) is 7.37. The Kier molecular flexibility index (Phi) is 4.79. The highest BCUT2D eigenvalue weighted by Gasteiger charge is 2.27. The molecule has 1 atom stereocenters. The molecule has 0 fully saturated rings. The molecule has 0 aromatic rings. The van der Waals surface area contributed by atoms with Gasteiger partial charge in [-0.05, 0) is 38.0 Å². The van der Waals surface area contributed by atoms with Crippen molar-refractivity contribution in [1.82, 2.24) is 0 Å². The van der Waals surface area contributed by atoms with Crippen molar-refractivity contribution < 1.29 is 0 Å². The van der Waals surface area contributed by atoms with Crippen molar-refractivity contribution in [2.24, 2.45) is 11.3 Å². The van der Waals surface area contributed by atoms with E-state index in [1.807, 2.05) is 0 Å². The first-order chi connectivity index (χ1) is 5.66. The monoisotopic (exact) mass is 204 g/mol. The molecule has 0 saturated carbocycles. The van der Waals surface area contributed by atoms with Gasteiger partial charge in [-0.15, -0.1) is 11.6 Å². The molecule has 0 spiro atoms. The van der Waals surface area contributed by atoms with Crippen molar-refractivity contribution in [3.05, 3.63) is 0 Å². The Hall–Kier alpha value is 0.290. The van der Waals surface area contributed by atoms with Crippen molar-refractivity contribution in [2.75, 3.05) is 0 Å². The molecule has 13 heavy (non-hydrogen) atoms. The number of hydrogen-bond acceptors (Lipinski definition) is 0. The van der Waals surface area contributed by atoms with E-state index in [-0.39, 0.29) is 4.87 Å². The Labute approximate surface area is 89.1 Å². The van der Waals surface area contributed by atoms with Gasteiger partial charge in [0.1, 0.15) is 0 Å². The van der Waals surface area contributed by atoms with E-state index in [1.54, 1.807) is 0 Å². The standard InChI is InChI=1S/C12H25Cl/c1-7-10(2)8-11(3,4)9-12(5,6)13/h10H,7-9H2,1-6H3. The van der Waals surface area contributed by atoms with E-state index in [0.29, 0.717) is 5.41 Å². The van der Waals surface area contributed by atoms with Crippen LogP contribution in [0.5, 0.6) is 0 Å². The molecule has 80 valence electrons. The summed E-state index contributed by atoms with van der Waals surface area (Å²) in [5, 5.41) is 0. The molecule has 0 aromatic heterocycles. The van der Waals surface area contributed by atoms with Gasteiger partial charge in [0.2, 0.25) is 0 Å². The Morgan fingerprint density at radius 2 is 1.62 bits per heavy atom. The molecule has 0 aliphatic rings. The molecule has 1 unspecified atom stereocenters. The summed E-state index contributed by atoms with van der Waals surface area (Å²) in [4.78, 5) is -0.0586. The van der Waals surface area contributed by atoms with Crippen molar-refractivity contribution in [3.8, 4) is 0 Å². The fourth-order valence-corrected chi connectivity index (χ4v) is 2.66. The summed E-state index contributed by atoms with van der Waals surface area (Å²) in [6.07, 6.45) is 3.64. The van der Waals surface area contributed by atoms with Crippen molar-refractivity contribution in [2.45, 2.75) is 65.7 Å². The molecule has 0 aliphatic carbocycles. The minimum Gasteiger partial charge on any atom is -0.120 e. The molecule has 0 radical (unpaired) electrons. The summed E-state index contributed by atoms with van der Waals surface area (Å²) < 4.78 is 0. The van der Waals surface area contributed by atoms with Crippen LogP contribution in [0.15, 0.2) is 0 Å². The summed E-state index contributed by atoms with van der Waals surface area (Å²) in [6, 6.07) is 0. The second-order valence-electron chi connectivity index (χ2n) is 5.78. The average Bonchev–Trinajstić information content (AvgIpc) is 1.80. The van der Waals surface area contributed by atoms with Crippen molar-refractivity contribution >= 4 is 11.6 Å². The summed E-state index contributed by atoms with van der Waals surface area (Å²) in [5.41, 5.74) is 0.376. The SMILES string of the molecule is CCC(C)CC(C)(C)CC(C)(C)Cl. The minimum atomic E-state index is -0.0586. The fourth-order valence-electron chi connectivity index (χ4n) is 2.30. The van der Waals surface area contributed by atoms with Crippen molar-refractivity contribution in [3.63, 3.8) is 0 Å². The molecular formula is C12H25Cl. The average molecular weight is 205 g/mol. The highest BCUT2D eigenvalue weighted by atomic mass is 35.5. The van der Waals surface area contributed by atoms with Gasteiger partial charge in [0.05, 0.1) is 0 Å². The Morgan fingerprint density at radius 3 is 1.92 bits per heavy atom. The lowest BCUT2D eigenvalue weighted by molar-refractivity contribution is 0.232. The molecule has 0 rings (SSSR count). The maximum Gasteiger partial charge on any atom is 0.0395 e. The van der Waals surface area contributed by atoms with Crippen LogP contribution in [0.1, 0.15) is 60.8 Å². The normalized spacial score (nSPS) is 15.9. The number of halogens is 1. The lowest BCUT2D eigenvalue weighted by Gasteiger charge is -2.33. The summed E-state index contributed by atoms with van der Waals surface area (Å²) >= 11 is 6.24. The first kappa shape index (κ1) is 13.3. The molecule has 0 N–H and O–H groups in total. The lowest BCUT2D eigenvalue weighted by Crippen LogP contribution is -2.25. The zero-order valence-corrected chi connectivity index (χ0v) is 10.8. The van der Waals surface area contributed by atoms with Crippen LogP contribution in [0.3, 0.4) is 0 Å². The zero-order chi connectivity index (χ0) is 10.7. The van der Waals surface area contributed by atoms with Gasteiger partial charge in [0.15, 0.2) is 0 Å². The fraction of sp³-hybridized carbons (Fsp3) is 1.00. The van der Waals surface area contributed by atoms with Crippen LogP contribution < -0.4 is 0 Å². The van der Waals surface area contributed by atoms with Crippen LogP contribution in [-0.2, 0) is 0 Å². The Bertz CT molecular complexity index is 142. The highest BCUT2D eigenvalue weighted by Crippen LogP contribution is 2.37. The maximum absolute atomic E-state index is 6.24. The van der Waals surface area contributed by atoms with Crippen LogP contribution in [0.25, 0.3) is 0 Å². The molecule has 1 heteroatoms. The number of alkyl halides is 1. The van der Waals surface area contributed by atoms with Gasteiger partial charge in [-0.3, -0.25) is 0 Å². The van der Waals surface area contributed by atoms with E-state index in [2.05, 4.69) is 41.5 Å². The molecule has 0 heterocycles. The van der Waals surface area contributed by atoms with Crippen LogP contribution in [0.2, 0.25) is 0 Å². The summed E-state index contributed by atoms with van der Waals surface area (Å²) in [6.45, 7) is 13.4. The van der Waals surface area contributed by atoms with E-state index in [4.69, 9.17) is 11.6 Å². The number of rotatable bonds is 5. The first-order valence-electron chi connectivity index (χ1n) is 5.35. The summed E-state index contributed by atoms with van der Waals surface area (Å²) in [7, 11) is 0.